The lowest BCUT2D eigenvalue weighted by Crippen LogP contribution is -1.80. The van der Waals surface area contributed by atoms with E-state index in [1.54, 1.807) is 0 Å². The van der Waals surface area contributed by atoms with Gasteiger partial charge in [0.1, 0.15) is 11.6 Å². The molecule has 1 aromatic rings. The fraction of sp³-hybridized carbons (Fsp3) is 0. The zero-order chi connectivity index (χ0) is 7.56. The molecule has 0 atom stereocenters. The number of halogens is 1. The summed E-state index contributed by atoms with van der Waals surface area (Å²) in [5.74, 6) is -0.523. The molecule has 0 aliphatic heterocycles. The van der Waals surface area contributed by atoms with Crippen molar-refractivity contribution in [2.45, 2.75) is 0 Å². The zero-order valence-corrected chi connectivity index (χ0v) is 5.34. The Morgan fingerprint density at radius 2 is 2.20 bits per heavy atom. The number of aromatic hydroxyl groups is 1. The van der Waals surface area contributed by atoms with E-state index < -0.39 is 5.82 Å². The van der Waals surface area contributed by atoms with Gasteiger partial charge in [0.05, 0.1) is 5.56 Å². The normalized spacial score (nSPS) is 9.30. The molecule has 0 radical (unpaired) electrons. The highest BCUT2D eigenvalue weighted by Crippen LogP contribution is 2.19. The van der Waals surface area contributed by atoms with Crippen molar-refractivity contribution >= 4 is 6.08 Å². The molecule has 1 N–H and O–H groups in total. The Kier molecular flexibility index (Phi) is 1.71. The third-order valence-electron chi connectivity index (χ3n) is 1.23. The monoisotopic (exact) mass is 138 g/mol. The van der Waals surface area contributed by atoms with Crippen molar-refractivity contribution in [2.24, 2.45) is 0 Å². The summed E-state index contributed by atoms with van der Waals surface area (Å²) in [4.78, 5) is 0. The molecule has 1 rings (SSSR count). The van der Waals surface area contributed by atoms with E-state index in [9.17, 15) is 4.39 Å². The van der Waals surface area contributed by atoms with Gasteiger partial charge in [-0.05, 0) is 12.1 Å². The maximum Gasteiger partial charge on any atom is 0.134 e. The molecule has 0 saturated carbocycles. The van der Waals surface area contributed by atoms with Crippen molar-refractivity contribution in [3.8, 4) is 5.75 Å². The Bertz CT molecular complexity index is 235. The average Bonchev–Trinajstić information content (AvgIpc) is 1.88. The Balaban J connectivity index is 3.30. The molecule has 0 spiro atoms. The Hall–Kier alpha value is -1.31. The van der Waals surface area contributed by atoms with Gasteiger partial charge in [0.2, 0.25) is 0 Å². The standard InChI is InChI=1S/C8H7FO/c1-2-6-7(9)4-3-5-8(6)10/h2-5,10H,1H2. The molecule has 1 aromatic carbocycles. The third-order valence-corrected chi connectivity index (χ3v) is 1.23. The van der Waals surface area contributed by atoms with E-state index in [1.165, 1.54) is 24.3 Å². The molecule has 2 heteroatoms. The molecule has 0 fully saturated rings. The second-order valence-corrected chi connectivity index (χ2v) is 1.88. The van der Waals surface area contributed by atoms with Crippen molar-refractivity contribution in [2.75, 3.05) is 0 Å². The van der Waals surface area contributed by atoms with Gasteiger partial charge in [-0.2, -0.15) is 0 Å². The van der Waals surface area contributed by atoms with E-state index in [0.29, 0.717) is 0 Å². The first kappa shape index (κ1) is 6.81. The highest BCUT2D eigenvalue weighted by Gasteiger charge is 2.00. The van der Waals surface area contributed by atoms with Crippen LogP contribution in [0, 0.1) is 5.82 Å². The Labute approximate surface area is 58.4 Å². The number of hydrogen-bond acceptors (Lipinski definition) is 1. The van der Waals surface area contributed by atoms with Crippen LogP contribution in [-0.2, 0) is 0 Å². The maximum absolute atomic E-state index is 12.6. The van der Waals surface area contributed by atoms with Gasteiger partial charge < -0.3 is 5.11 Å². The minimum absolute atomic E-state index is 0.0741. The van der Waals surface area contributed by atoms with Crippen LogP contribution in [0.25, 0.3) is 6.08 Å². The highest BCUT2D eigenvalue weighted by atomic mass is 19.1. The van der Waals surface area contributed by atoms with Crippen LogP contribution in [0.4, 0.5) is 4.39 Å². The van der Waals surface area contributed by atoms with Crippen LogP contribution in [-0.4, -0.2) is 5.11 Å². The van der Waals surface area contributed by atoms with E-state index >= 15 is 0 Å². The second kappa shape index (κ2) is 2.52. The minimum Gasteiger partial charge on any atom is -0.507 e. The lowest BCUT2D eigenvalue weighted by Gasteiger charge is -1.97. The van der Waals surface area contributed by atoms with Crippen LogP contribution in [0.1, 0.15) is 5.56 Å². The van der Waals surface area contributed by atoms with Crippen LogP contribution in [0.5, 0.6) is 5.75 Å². The van der Waals surface area contributed by atoms with Gasteiger partial charge in [-0.15, -0.1) is 0 Å². The van der Waals surface area contributed by atoms with Crippen molar-refractivity contribution in [1.82, 2.24) is 0 Å². The first-order chi connectivity index (χ1) is 4.75. The average molecular weight is 138 g/mol. The fourth-order valence-electron chi connectivity index (χ4n) is 0.728. The largest absolute Gasteiger partial charge is 0.507 e. The van der Waals surface area contributed by atoms with Crippen LogP contribution < -0.4 is 0 Å². The van der Waals surface area contributed by atoms with Gasteiger partial charge in [-0.25, -0.2) is 4.39 Å². The molecule has 0 aliphatic carbocycles. The lowest BCUT2D eigenvalue weighted by molar-refractivity contribution is 0.467. The summed E-state index contributed by atoms with van der Waals surface area (Å²) in [6, 6.07) is 4.13. The predicted molar refractivity (Wildman–Crippen MR) is 38.2 cm³/mol. The van der Waals surface area contributed by atoms with E-state index in [4.69, 9.17) is 5.11 Å². The van der Waals surface area contributed by atoms with Crippen molar-refractivity contribution in [3.63, 3.8) is 0 Å². The van der Waals surface area contributed by atoms with Crippen LogP contribution >= 0.6 is 0 Å². The first-order valence-electron chi connectivity index (χ1n) is 2.85. The number of phenols is 1. The van der Waals surface area contributed by atoms with Crippen molar-refractivity contribution in [1.29, 1.82) is 0 Å². The third kappa shape index (κ3) is 1.00. The summed E-state index contributed by atoms with van der Waals surface area (Å²) in [7, 11) is 0. The molecule has 52 valence electrons. The molecule has 10 heavy (non-hydrogen) atoms. The van der Waals surface area contributed by atoms with Gasteiger partial charge in [0, 0.05) is 0 Å². The van der Waals surface area contributed by atoms with Crippen molar-refractivity contribution < 1.29 is 9.50 Å². The van der Waals surface area contributed by atoms with Crippen LogP contribution in [0.15, 0.2) is 24.8 Å². The van der Waals surface area contributed by atoms with Gasteiger partial charge >= 0.3 is 0 Å². The zero-order valence-electron chi connectivity index (χ0n) is 5.34. The highest BCUT2D eigenvalue weighted by molar-refractivity contribution is 5.55. The van der Waals surface area contributed by atoms with Gasteiger partial charge in [0.25, 0.3) is 0 Å². The van der Waals surface area contributed by atoms with Gasteiger partial charge in [-0.3, -0.25) is 0 Å². The molecule has 0 bridgehead atoms. The molecule has 0 unspecified atom stereocenters. The molecule has 0 amide bonds. The summed E-state index contributed by atoms with van der Waals surface area (Å²) in [5, 5.41) is 8.98. The Morgan fingerprint density at radius 3 is 2.60 bits per heavy atom. The SMILES string of the molecule is C=Cc1c(O)cccc1F. The quantitative estimate of drug-likeness (QED) is 0.630. The second-order valence-electron chi connectivity index (χ2n) is 1.88. The summed E-state index contributed by atoms with van der Waals surface area (Å²) >= 11 is 0. The summed E-state index contributed by atoms with van der Waals surface area (Å²) in [6.07, 6.45) is 1.28. The molecular formula is C8H7FO. The van der Waals surface area contributed by atoms with E-state index in [2.05, 4.69) is 6.58 Å². The first-order valence-corrected chi connectivity index (χ1v) is 2.85. The van der Waals surface area contributed by atoms with Crippen molar-refractivity contribution in [3.05, 3.63) is 36.2 Å². The summed E-state index contributed by atoms with van der Waals surface area (Å²) < 4.78 is 12.6. The maximum atomic E-state index is 12.6. The smallest absolute Gasteiger partial charge is 0.134 e. The molecule has 0 saturated heterocycles. The number of rotatable bonds is 1. The topological polar surface area (TPSA) is 20.2 Å². The molecule has 0 heterocycles. The van der Waals surface area contributed by atoms with Crippen LogP contribution in [0.2, 0.25) is 0 Å². The number of benzene rings is 1. The van der Waals surface area contributed by atoms with Gasteiger partial charge in [0.15, 0.2) is 0 Å². The number of hydrogen-bond donors (Lipinski definition) is 1. The van der Waals surface area contributed by atoms with Crippen LogP contribution in [0.3, 0.4) is 0 Å². The fourth-order valence-corrected chi connectivity index (χ4v) is 0.728. The predicted octanol–water partition coefficient (Wildman–Crippen LogP) is 2.17. The minimum atomic E-state index is -0.449. The van der Waals surface area contributed by atoms with Gasteiger partial charge in [-0.1, -0.05) is 18.7 Å². The summed E-state index contributed by atoms with van der Waals surface area (Å²) in [6.45, 7) is 3.35. The van der Waals surface area contributed by atoms with E-state index in [1.807, 2.05) is 0 Å². The van der Waals surface area contributed by atoms with E-state index in [-0.39, 0.29) is 11.3 Å². The Morgan fingerprint density at radius 1 is 1.50 bits per heavy atom. The molecule has 0 aliphatic rings. The molecular weight excluding hydrogens is 131 g/mol. The summed E-state index contributed by atoms with van der Waals surface area (Å²) in [5.41, 5.74) is 0.155. The van der Waals surface area contributed by atoms with E-state index in [0.717, 1.165) is 0 Å². The molecule has 1 nitrogen and oxygen atoms in total. The molecule has 0 aromatic heterocycles. The number of phenolic OH excluding ortho intramolecular Hbond substituents is 1. The lowest BCUT2D eigenvalue weighted by atomic mass is 10.2.